The van der Waals surface area contributed by atoms with Crippen molar-refractivity contribution in [3.05, 3.63) is 106 Å². The number of amides is 1. The topological polar surface area (TPSA) is 36.1 Å². The molecule has 1 aliphatic rings. The Hall–Kier alpha value is -3.08. The molecule has 0 saturated carbocycles. The molecule has 0 saturated heterocycles. The van der Waals surface area contributed by atoms with Crippen molar-refractivity contribution < 1.29 is 4.79 Å². The summed E-state index contributed by atoms with van der Waals surface area (Å²) in [4.78, 5) is 20.1. The first-order valence-corrected chi connectivity index (χ1v) is 11.5. The van der Waals surface area contributed by atoms with Crippen molar-refractivity contribution in [1.29, 1.82) is 0 Å². The number of aromatic amines is 1. The Morgan fingerprint density at radius 3 is 2.71 bits per heavy atom. The lowest BCUT2D eigenvalue weighted by Crippen LogP contribution is -2.40. The second-order valence-electron chi connectivity index (χ2n) is 7.92. The van der Waals surface area contributed by atoms with Gasteiger partial charge in [-0.05, 0) is 53.3 Å². The summed E-state index contributed by atoms with van der Waals surface area (Å²) in [5.74, 6) is 0.0653. The van der Waals surface area contributed by atoms with Crippen LogP contribution in [0.15, 0.2) is 78.9 Å². The van der Waals surface area contributed by atoms with Crippen molar-refractivity contribution in [3.63, 3.8) is 0 Å². The van der Waals surface area contributed by atoms with Gasteiger partial charge in [-0.15, -0.1) is 11.3 Å². The first-order valence-electron chi connectivity index (χ1n) is 10.3. The van der Waals surface area contributed by atoms with Crippen LogP contribution in [0.1, 0.15) is 32.5 Å². The molecule has 1 atom stereocenters. The maximum absolute atomic E-state index is 13.8. The number of carbonyl (C=O) groups is 1. The zero-order valence-electron chi connectivity index (χ0n) is 16.6. The summed E-state index contributed by atoms with van der Waals surface area (Å²) >= 11 is 7.91. The molecule has 0 aliphatic carbocycles. The number of H-pyrrole nitrogens is 1. The van der Waals surface area contributed by atoms with Gasteiger partial charge in [0, 0.05) is 32.9 Å². The third kappa shape index (κ3) is 3.06. The Balaban J connectivity index is 1.51. The first kappa shape index (κ1) is 18.7. The summed E-state index contributed by atoms with van der Waals surface area (Å²) in [5, 5.41) is 3.02. The Labute approximate surface area is 188 Å². The summed E-state index contributed by atoms with van der Waals surface area (Å²) < 4.78 is 1.13. The highest BCUT2D eigenvalue weighted by Gasteiger charge is 2.35. The van der Waals surface area contributed by atoms with E-state index in [1.807, 2.05) is 47.4 Å². The van der Waals surface area contributed by atoms with Crippen molar-refractivity contribution in [2.75, 3.05) is 6.54 Å². The monoisotopic (exact) mass is 442 g/mol. The van der Waals surface area contributed by atoms with Gasteiger partial charge >= 0.3 is 0 Å². The molecule has 0 bridgehead atoms. The molecule has 152 valence electrons. The largest absolute Gasteiger partial charge is 0.356 e. The number of hydrogen-bond donors (Lipinski definition) is 1. The second kappa shape index (κ2) is 7.26. The number of hydrogen-bond acceptors (Lipinski definition) is 2. The van der Waals surface area contributed by atoms with Crippen LogP contribution in [-0.2, 0) is 6.42 Å². The summed E-state index contributed by atoms with van der Waals surface area (Å²) in [6, 6.07) is 26.2. The van der Waals surface area contributed by atoms with Gasteiger partial charge < -0.3 is 9.88 Å². The number of aromatic nitrogens is 1. The molecular formula is C26H19ClN2OS. The highest BCUT2D eigenvalue weighted by Crippen LogP contribution is 2.40. The molecule has 0 radical (unpaired) electrons. The van der Waals surface area contributed by atoms with Crippen molar-refractivity contribution >= 4 is 49.8 Å². The molecule has 3 heterocycles. The van der Waals surface area contributed by atoms with E-state index >= 15 is 0 Å². The number of rotatable bonds is 2. The van der Waals surface area contributed by atoms with Gasteiger partial charge in [-0.3, -0.25) is 4.79 Å². The molecule has 6 rings (SSSR count). The van der Waals surface area contributed by atoms with Gasteiger partial charge in [-0.25, -0.2) is 0 Å². The standard InChI is InChI=1S/C26H19ClN2OS/c27-18-8-5-7-17(14-18)25-24-20(19-9-2-3-10-21(19)28-24)12-13-29(25)26(30)23-15-16-6-1-4-11-22(16)31-23/h1-11,14-15,25,28H,12-13H2. The summed E-state index contributed by atoms with van der Waals surface area (Å²) in [5.41, 5.74) is 4.51. The molecule has 31 heavy (non-hydrogen) atoms. The number of nitrogens with one attached hydrogen (secondary N) is 1. The smallest absolute Gasteiger partial charge is 0.264 e. The van der Waals surface area contributed by atoms with Crippen molar-refractivity contribution in [2.24, 2.45) is 0 Å². The lowest BCUT2D eigenvalue weighted by Gasteiger charge is -2.36. The maximum atomic E-state index is 13.8. The third-order valence-corrected chi connectivity index (χ3v) is 7.44. The fourth-order valence-corrected chi connectivity index (χ4v) is 5.93. The molecule has 1 aliphatic heterocycles. The Morgan fingerprint density at radius 1 is 1.00 bits per heavy atom. The normalized spacial score (nSPS) is 16.0. The van der Waals surface area contributed by atoms with Crippen LogP contribution in [0.3, 0.4) is 0 Å². The molecule has 1 N–H and O–H groups in total. The minimum Gasteiger partial charge on any atom is -0.356 e. The molecule has 0 fully saturated rings. The molecule has 2 aromatic heterocycles. The Morgan fingerprint density at radius 2 is 1.84 bits per heavy atom. The number of halogens is 1. The van der Waals surface area contributed by atoms with Crippen LogP contribution in [0.25, 0.3) is 21.0 Å². The highest BCUT2D eigenvalue weighted by molar-refractivity contribution is 7.20. The van der Waals surface area contributed by atoms with Crippen molar-refractivity contribution in [1.82, 2.24) is 9.88 Å². The predicted molar refractivity (Wildman–Crippen MR) is 128 cm³/mol. The van der Waals surface area contributed by atoms with E-state index in [1.54, 1.807) is 11.3 Å². The summed E-state index contributed by atoms with van der Waals surface area (Å²) in [7, 11) is 0. The van der Waals surface area contributed by atoms with Gasteiger partial charge in [-0.1, -0.05) is 60.1 Å². The molecule has 5 aromatic rings. The third-order valence-electron chi connectivity index (χ3n) is 6.10. The lowest BCUT2D eigenvalue weighted by molar-refractivity contribution is 0.0697. The van der Waals surface area contributed by atoms with Gasteiger partial charge in [-0.2, -0.15) is 0 Å². The van der Waals surface area contributed by atoms with Crippen molar-refractivity contribution in [3.8, 4) is 0 Å². The van der Waals surface area contributed by atoms with E-state index in [-0.39, 0.29) is 11.9 Å². The quantitative estimate of drug-likeness (QED) is 0.319. The summed E-state index contributed by atoms with van der Waals surface area (Å²) in [6.45, 7) is 0.666. The van der Waals surface area contributed by atoms with Crippen LogP contribution in [-0.4, -0.2) is 22.3 Å². The number of para-hydroxylation sites is 1. The van der Waals surface area contributed by atoms with Gasteiger partial charge in [0.15, 0.2) is 0 Å². The average Bonchev–Trinajstić information content (AvgIpc) is 3.39. The van der Waals surface area contributed by atoms with Gasteiger partial charge in [0.1, 0.15) is 0 Å². The molecule has 1 unspecified atom stereocenters. The molecule has 3 nitrogen and oxygen atoms in total. The minimum absolute atomic E-state index is 0.0653. The zero-order valence-corrected chi connectivity index (χ0v) is 18.2. The number of fused-ring (bicyclic) bond motifs is 4. The van der Waals surface area contributed by atoms with Crippen LogP contribution >= 0.6 is 22.9 Å². The molecule has 3 aromatic carbocycles. The molecule has 5 heteroatoms. The van der Waals surface area contributed by atoms with Crippen LogP contribution in [0.2, 0.25) is 5.02 Å². The van der Waals surface area contributed by atoms with Gasteiger partial charge in [0.25, 0.3) is 5.91 Å². The van der Waals surface area contributed by atoms with E-state index in [1.165, 1.54) is 10.9 Å². The number of thiophene rings is 1. The summed E-state index contributed by atoms with van der Waals surface area (Å²) in [6.07, 6.45) is 0.826. The molecule has 1 amide bonds. The van der Waals surface area contributed by atoms with Crippen LogP contribution in [0, 0.1) is 0 Å². The number of benzene rings is 3. The minimum atomic E-state index is -0.201. The Bertz CT molecular complexity index is 1420. The zero-order chi connectivity index (χ0) is 20.9. The van der Waals surface area contributed by atoms with Crippen LogP contribution in [0.5, 0.6) is 0 Å². The highest BCUT2D eigenvalue weighted by atomic mass is 35.5. The number of nitrogens with zero attached hydrogens (tertiary/aromatic N) is 1. The van der Waals surface area contributed by atoms with E-state index < -0.39 is 0 Å². The van der Waals surface area contributed by atoms with E-state index in [4.69, 9.17) is 11.6 Å². The SMILES string of the molecule is O=C(c1cc2ccccc2s1)N1CCc2c([nH]c3ccccc23)C1c1cccc(Cl)c1. The fraction of sp³-hybridized carbons (Fsp3) is 0.115. The second-order valence-corrected chi connectivity index (χ2v) is 9.44. The molecular weight excluding hydrogens is 424 g/mol. The molecule has 0 spiro atoms. The fourth-order valence-electron chi connectivity index (χ4n) is 4.71. The van der Waals surface area contributed by atoms with Crippen LogP contribution < -0.4 is 0 Å². The first-order chi connectivity index (χ1) is 15.2. The van der Waals surface area contributed by atoms with E-state index in [9.17, 15) is 4.79 Å². The van der Waals surface area contributed by atoms with E-state index in [0.717, 1.165) is 38.2 Å². The van der Waals surface area contributed by atoms with Gasteiger partial charge in [0.05, 0.1) is 10.9 Å². The predicted octanol–water partition coefficient (Wildman–Crippen LogP) is 6.82. The Kier molecular flexibility index (Phi) is 4.37. The van der Waals surface area contributed by atoms with E-state index in [2.05, 4.69) is 41.4 Å². The van der Waals surface area contributed by atoms with Crippen molar-refractivity contribution in [2.45, 2.75) is 12.5 Å². The van der Waals surface area contributed by atoms with Crippen LogP contribution in [0.4, 0.5) is 0 Å². The van der Waals surface area contributed by atoms with Gasteiger partial charge in [0.2, 0.25) is 0 Å². The van der Waals surface area contributed by atoms with E-state index in [0.29, 0.717) is 11.6 Å². The average molecular weight is 443 g/mol. The number of carbonyl (C=O) groups excluding carboxylic acids is 1. The lowest BCUT2D eigenvalue weighted by atomic mass is 9.92. The maximum Gasteiger partial charge on any atom is 0.264 e.